The van der Waals surface area contributed by atoms with Crippen LogP contribution in [-0.2, 0) is 17.6 Å². The van der Waals surface area contributed by atoms with Crippen LogP contribution in [0.4, 0.5) is 0 Å². The molecule has 0 radical (unpaired) electrons. The number of rotatable bonds is 7. The van der Waals surface area contributed by atoms with Crippen molar-refractivity contribution < 1.29 is 9.53 Å². The topological polar surface area (TPSA) is 52.1 Å². The molecule has 0 unspecified atom stereocenters. The maximum absolute atomic E-state index is 14.1. The normalized spacial score (nSPS) is 11.5. The van der Waals surface area contributed by atoms with Gasteiger partial charge in [0.15, 0.2) is 0 Å². The Labute approximate surface area is 273 Å². The number of hydrogen-bond donors (Lipinski definition) is 0. The third-order valence-electron chi connectivity index (χ3n) is 9.08. The van der Waals surface area contributed by atoms with E-state index < -0.39 is 6.10 Å². The fraction of sp³-hybridized carbons (Fsp3) is 0.0930. The SMILES string of the molecule is Cc1ccnc(-c2cc(C(=O)OC(Cc3c4ccccc4cc4ccccc34)Cc3c4ccccc4cc4ccccc34)ccn2)c1. The van der Waals surface area contributed by atoms with Crippen molar-refractivity contribution in [3.63, 3.8) is 0 Å². The van der Waals surface area contributed by atoms with Gasteiger partial charge in [-0.25, -0.2) is 4.79 Å². The number of hydrogen-bond acceptors (Lipinski definition) is 4. The third kappa shape index (κ3) is 5.59. The summed E-state index contributed by atoms with van der Waals surface area (Å²) < 4.78 is 6.57. The van der Waals surface area contributed by atoms with Gasteiger partial charge in [0.1, 0.15) is 6.10 Å². The third-order valence-corrected chi connectivity index (χ3v) is 9.08. The van der Waals surface area contributed by atoms with Crippen LogP contribution in [0.2, 0.25) is 0 Å². The molecule has 47 heavy (non-hydrogen) atoms. The second-order valence-electron chi connectivity index (χ2n) is 12.2. The van der Waals surface area contributed by atoms with E-state index in [1.54, 1.807) is 24.5 Å². The molecule has 0 atom stereocenters. The number of pyridine rings is 2. The molecule has 0 bridgehead atoms. The van der Waals surface area contributed by atoms with E-state index in [2.05, 4.69) is 119 Å². The van der Waals surface area contributed by atoms with E-state index in [4.69, 9.17) is 4.74 Å². The molecule has 8 rings (SSSR count). The first-order chi connectivity index (χ1) is 23.1. The summed E-state index contributed by atoms with van der Waals surface area (Å²) in [5.74, 6) is -0.375. The molecule has 0 aliphatic rings. The molecule has 8 aromatic rings. The lowest BCUT2D eigenvalue weighted by molar-refractivity contribution is 0.0306. The van der Waals surface area contributed by atoms with Crippen molar-refractivity contribution in [2.45, 2.75) is 25.9 Å². The molecule has 0 N–H and O–H groups in total. The van der Waals surface area contributed by atoms with Gasteiger partial charge in [0.25, 0.3) is 0 Å². The Morgan fingerprint density at radius 3 is 1.45 bits per heavy atom. The molecule has 4 heteroatoms. The largest absolute Gasteiger partial charge is 0.458 e. The molecule has 0 saturated carbocycles. The zero-order chi connectivity index (χ0) is 31.7. The van der Waals surface area contributed by atoms with Gasteiger partial charge in [-0.1, -0.05) is 97.1 Å². The minimum absolute atomic E-state index is 0.375. The van der Waals surface area contributed by atoms with E-state index in [1.165, 1.54) is 54.2 Å². The van der Waals surface area contributed by atoms with Crippen LogP contribution in [0.15, 0.2) is 146 Å². The Morgan fingerprint density at radius 1 is 0.553 bits per heavy atom. The summed E-state index contributed by atoms with van der Waals surface area (Å²) in [7, 11) is 0. The van der Waals surface area contributed by atoms with Crippen LogP contribution in [0.25, 0.3) is 54.5 Å². The van der Waals surface area contributed by atoms with Gasteiger partial charge in [-0.05, 0) is 103 Å². The summed E-state index contributed by atoms with van der Waals surface area (Å²) in [5, 5.41) is 9.38. The number of benzene rings is 6. The molecule has 4 nitrogen and oxygen atoms in total. The number of nitrogens with zero attached hydrogens (tertiary/aromatic N) is 2. The van der Waals surface area contributed by atoms with Crippen LogP contribution in [0.5, 0.6) is 0 Å². The second-order valence-corrected chi connectivity index (χ2v) is 12.2. The standard InChI is InChI=1S/C43H32N2O2/c1-28-18-20-44-41(22-28)42-25-33(19-21-45-42)43(46)47-34(26-39-35-14-6-2-10-29(35)23-30-11-3-7-15-36(30)39)27-40-37-16-8-4-12-31(37)24-32-13-5-9-17-38(32)40/h2-25,34H,26-27H2,1H3. The summed E-state index contributed by atoms with van der Waals surface area (Å²) in [6, 6.07) is 45.8. The molecule has 6 aromatic carbocycles. The Balaban J connectivity index is 1.25. The van der Waals surface area contributed by atoms with Gasteiger partial charge in [-0.3, -0.25) is 9.97 Å². The minimum Gasteiger partial charge on any atom is -0.458 e. The number of carbonyl (C=O) groups excluding carboxylic acids is 1. The molecular weight excluding hydrogens is 576 g/mol. The predicted octanol–water partition coefficient (Wildman–Crippen LogP) is 10.1. The molecule has 0 amide bonds. The van der Waals surface area contributed by atoms with E-state index in [0.717, 1.165) is 11.3 Å². The van der Waals surface area contributed by atoms with Gasteiger partial charge in [0.05, 0.1) is 17.0 Å². The molecule has 0 fully saturated rings. The van der Waals surface area contributed by atoms with Gasteiger partial charge in [-0.2, -0.15) is 0 Å². The van der Waals surface area contributed by atoms with Gasteiger partial charge in [0.2, 0.25) is 0 Å². The van der Waals surface area contributed by atoms with Crippen molar-refractivity contribution in [3.8, 4) is 11.4 Å². The van der Waals surface area contributed by atoms with Crippen molar-refractivity contribution in [2.75, 3.05) is 0 Å². The van der Waals surface area contributed by atoms with Gasteiger partial charge in [0, 0.05) is 25.2 Å². The van der Waals surface area contributed by atoms with E-state index in [-0.39, 0.29) is 5.97 Å². The van der Waals surface area contributed by atoms with E-state index in [9.17, 15) is 4.79 Å². The molecule has 226 valence electrons. The van der Waals surface area contributed by atoms with Crippen LogP contribution in [0.3, 0.4) is 0 Å². The fourth-order valence-corrected chi connectivity index (χ4v) is 6.86. The number of esters is 1. The number of aromatic nitrogens is 2. The number of ether oxygens (including phenoxy) is 1. The van der Waals surface area contributed by atoms with Crippen molar-refractivity contribution in [2.24, 2.45) is 0 Å². The van der Waals surface area contributed by atoms with E-state index in [1.807, 2.05) is 19.1 Å². The Hall–Kier alpha value is -5.87. The van der Waals surface area contributed by atoms with Crippen LogP contribution < -0.4 is 0 Å². The first kappa shape index (κ1) is 28.6. The average Bonchev–Trinajstić information content (AvgIpc) is 3.11. The van der Waals surface area contributed by atoms with Crippen molar-refractivity contribution in [3.05, 3.63) is 168 Å². The van der Waals surface area contributed by atoms with E-state index in [0.29, 0.717) is 24.1 Å². The lowest BCUT2D eigenvalue weighted by Gasteiger charge is -2.22. The number of fused-ring (bicyclic) bond motifs is 4. The molecule has 2 aromatic heterocycles. The first-order valence-corrected chi connectivity index (χ1v) is 16.0. The highest BCUT2D eigenvalue weighted by molar-refractivity contribution is 6.03. The van der Waals surface area contributed by atoms with Crippen molar-refractivity contribution >= 4 is 49.1 Å². The summed E-state index contributed by atoms with van der Waals surface area (Å²) in [4.78, 5) is 23.1. The molecule has 0 saturated heterocycles. The van der Waals surface area contributed by atoms with E-state index >= 15 is 0 Å². The quantitative estimate of drug-likeness (QED) is 0.133. The zero-order valence-electron chi connectivity index (χ0n) is 26.1. The highest BCUT2D eigenvalue weighted by Crippen LogP contribution is 2.34. The monoisotopic (exact) mass is 608 g/mol. The summed E-state index contributed by atoms with van der Waals surface area (Å²) in [6.07, 6.45) is 4.09. The molecule has 0 aliphatic heterocycles. The average molecular weight is 609 g/mol. The molecule has 0 aliphatic carbocycles. The maximum atomic E-state index is 14.1. The summed E-state index contributed by atoms with van der Waals surface area (Å²) in [6.45, 7) is 2.02. The first-order valence-electron chi connectivity index (χ1n) is 16.0. The van der Waals surface area contributed by atoms with Crippen LogP contribution >= 0.6 is 0 Å². The minimum atomic E-state index is -0.445. The fourth-order valence-electron chi connectivity index (χ4n) is 6.86. The van der Waals surface area contributed by atoms with Gasteiger partial charge in [-0.15, -0.1) is 0 Å². The number of aryl methyl sites for hydroxylation is 1. The Bertz CT molecular complexity index is 2220. The van der Waals surface area contributed by atoms with Crippen molar-refractivity contribution in [1.29, 1.82) is 0 Å². The summed E-state index contributed by atoms with van der Waals surface area (Å²) >= 11 is 0. The van der Waals surface area contributed by atoms with Crippen LogP contribution in [0.1, 0.15) is 27.0 Å². The van der Waals surface area contributed by atoms with Gasteiger partial charge < -0.3 is 4.74 Å². The summed E-state index contributed by atoms with van der Waals surface area (Å²) in [5.41, 5.74) is 5.25. The second kappa shape index (κ2) is 12.1. The zero-order valence-corrected chi connectivity index (χ0v) is 26.1. The molecular formula is C43H32N2O2. The smallest absolute Gasteiger partial charge is 0.338 e. The lowest BCUT2D eigenvalue weighted by atomic mass is 9.89. The highest BCUT2D eigenvalue weighted by atomic mass is 16.5. The van der Waals surface area contributed by atoms with Gasteiger partial charge >= 0.3 is 5.97 Å². The molecule has 2 heterocycles. The lowest BCUT2D eigenvalue weighted by Crippen LogP contribution is -2.24. The van der Waals surface area contributed by atoms with Crippen LogP contribution in [0, 0.1) is 6.92 Å². The maximum Gasteiger partial charge on any atom is 0.338 e. The Kier molecular flexibility index (Phi) is 7.39. The Morgan fingerprint density at radius 2 is 0.979 bits per heavy atom. The number of carbonyl (C=O) groups is 1. The predicted molar refractivity (Wildman–Crippen MR) is 192 cm³/mol. The highest BCUT2D eigenvalue weighted by Gasteiger charge is 2.23. The van der Waals surface area contributed by atoms with Crippen molar-refractivity contribution in [1.82, 2.24) is 9.97 Å². The van der Waals surface area contributed by atoms with Crippen LogP contribution in [-0.4, -0.2) is 22.0 Å². The molecule has 0 spiro atoms.